The Morgan fingerprint density at radius 2 is 1.62 bits per heavy atom. The molecule has 0 fully saturated rings. The predicted octanol–water partition coefficient (Wildman–Crippen LogP) is 0.0288. The van der Waals surface area contributed by atoms with Gasteiger partial charge in [-0.25, -0.2) is 0 Å². The SMILES string of the molecule is CC(O)COCCOCC(C)CO. The summed E-state index contributed by atoms with van der Waals surface area (Å²) in [7, 11) is 0. The third-order valence-corrected chi connectivity index (χ3v) is 1.45. The number of rotatable bonds is 8. The van der Waals surface area contributed by atoms with Crippen LogP contribution in [0.25, 0.3) is 0 Å². The molecule has 4 nitrogen and oxygen atoms in total. The van der Waals surface area contributed by atoms with Gasteiger partial charge in [-0.2, -0.15) is 0 Å². The van der Waals surface area contributed by atoms with Crippen LogP contribution in [0.15, 0.2) is 0 Å². The summed E-state index contributed by atoms with van der Waals surface area (Å²) >= 11 is 0. The van der Waals surface area contributed by atoms with Gasteiger partial charge in [0.05, 0.1) is 32.5 Å². The van der Waals surface area contributed by atoms with Crippen LogP contribution in [0, 0.1) is 5.92 Å². The van der Waals surface area contributed by atoms with Crippen LogP contribution in [0.4, 0.5) is 0 Å². The molecule has 0 aromatic rings. The second kappa shape index (κ2) is 8.44. The standard InChI is InChI=1S/C9H20O4/c1-8(5-10)6-12-3-4-13-7-9(2)11/h8-11H,3-7H2,1-2H3. The van der Waals surface area contributed by atoms with E-state index in [-0.39, 0.29) is 12.5 Å². The average molecular weight is 192 g/mol. The van der Waals surface area contributed by atoms with E-state index >= 15 is 0 Å². The van der Waals surface area contributed by atoms with Crippen molar-refractivity contribution in [2.75, 3.05) is 33.0 Å². The molecule has 2 unspecified atom stereocenters. The minimum atomic E-state index is -0.420. The average Bonchev–Trinajstić information content (AvgIpc) is 2.10. The first kappa shape index (κ1) is 12.8. The molecule has 0 saturated carbocycles. The number of hydrogen-bond donors (Lipinski definition) is 2. The van der Waals surface area contributed by atoms with Crippen LogP contribution in [0.2, 0.25) is 0 Å². The van der Waals surface area contributed by atoms with Crippen molar-refractivity contribution < 1.29 is 19.7 Å². The van der Waals surface area contributed by atoms with Crippen LogP contribution in [0.5, 0.6) is 0 Å². The topological polar surface area (TPSA) is 58.9 Å². The lowest BCUT2D eigenvalue weighted by atomic mass is 10.2. The van der Waals surface area contributed by atoms with E-state index in [0.717, 1.165) is 0 Å². The van der Waals surface area contributed by atoms with Crippen molar-refractivity contribution in [3.05, 3.63) is 0 Å². The molecule has 0 aromatic heterocycles. The van der Waals surface area contributed by atoms with Crippen molar-refractivity contribution in [2.45, 2.75) is 20.0 Å². The first-order valence-electron chi connectivity index (χ1n) is 4.61. The molecule has 0 rings (SSSR count). The summed E-state index contributed by atoms with van der Waals surface area (Å²) in [6.07, 6.45) is -0.420. The van der Waals surface area contributed by atoms with Crippen LogP contribution in [0.3, 0.4) is 0 Å². The van der Waals surface area contributed by atoms with E-state index in [1.165, 1.54) is 0 Å². The molecule has 0 aromatic carbocycles. The highest BCUT2D eigenvalue weighted by atomic mass is 16.5. The third kappa shape index (κ3) is 9.76. The van der Waals surface area contributed by atoms with E-state index in [4.69, 9.17) is 19.7 Å². The zero-order valence-corrected chi connectivity index (χ0v) is 8.40. The van der Waals surface area contributed by atoms with E-state index in [1.54, 1.807) is 6.92 Å². The van der Waals surface area contributed by atoms with E-state index in [2.05, 4.69) is 0 Å². The summed E-state index contributed by atoms with van der Waals surface area (Å²) in [6, 6.07) is 0. The maximum Gasteiger partial charge on any atom is 0.0745 e. The third-order valence-electron chi connectivity index (χ3n) is 1.45. The monoisotopic (exact) mass is 192 g/mol. The lowest BCUT2D eigenvalue weighted by Crippen LogP contribution is -2.16. The Morgan fingerprint density at radius 1 is 1.08 bits per heavy atom. The number of aliphatic hydroxyl groups excluding tert-OH is 2. The molecule has 2 N–H and O–H groups in total. The van der Waals surface area contributed by atoms with Crippen molar-refractivity contribution in [1.29, 1.82) is 0 Å². The van der Waals surface area contributed by atoms with Crippen LogP contribution >= 0.6 is 0 Å². The van der Waals surface area contributed by atoms with Gasteiger partial charge in [-0.3, -0.25) is 0 Å². The lowest BCUT2D eigenvalue weighted by Gasteiger charge is -2.09. The van der Waals surface area contributed by atoms with E-state index < -0.39 is 6.10 Å². The molecule has 2 atom stereocenters. The molecule has 13 heavy (non-hydrogen) atoms. The molecule has 0 bridgehead atoms. The highest BCUT2D eigenvalue weighted by molar-refractivity contribution is 4.46. The smallest absolute Gasteiger partial charge is 0.0745 e. The van der Waals surface area contributed by atoms with Gasteiger partial charge in [-0.1, -0.05) is 6.92 Å². The van der Waals surface area contributed by atoms with E-state index in [9.17, 15) is 0 Å². The predicted molar refractivity (Wildman–Crippen MR) is 49.6 cm³/mol. The molecule has 80 valence electrons. The highest BCUT2D eigenvalue weighted by Crippen LogP contribution is 1.93. The summed E-state index contributed by atoms with van der Waals surface area (Å²) < 4.78 is 10.3. The first-order chi connectivity index (χ1) is 6.16. The van der Waals surface area contributed by atoms with Crippen LogP contribution in [-0.4, -0.2) is 49.4 Å². The molecular weight excluding hydrogens is 172 g/mol. The summed E-state index contributed by atoms with van der Waals surface area (Å²) in [4.78, 5) is 0. The molecule has 0 radical (unpaired) electrons. The van der Waals surface area contributed by atoms with Gasteiger partial charge < -0.3 is 19.7 Å². The molecule has 0 aliphatic rings. The van der Waals surface area contributed by atoms with Crippen molar-refractivity contribution in [3.8, 4) is 0 Å². The molecule has 0 saturated heterocycles. The Balaban J connectivity index is 2.99. The number of hydrogen-bond acceptors (Lipinski definition) is 4. The van der Waals surface area contributed by atoms with Gasteiger partial charge in [0.1, 0.15) is 0 Å². The molecule has 0 aliphatic carbocycles. The molecule has 4 heteroatoms. The zero-order valence-electron chi connectivity index (χ0n) is 8.40. The Hall–Kier alpha value is -0.160. The van der Waals surface area contributed by atoms with E-state index in [0.29, 0.717) is 26.4 Å². The molecular formula is C9H20O4. The van der Waals surface area contributed by atoms with Crippen molar-refractivity contribution >= 4 is 0 Å². The first-order valence-corrected chi connectivity index (χ1v) is 4.61. The zero-order chi connectivity index (χ0) is 10.1. The number of aliphatic hydroxyl groups is 2. The Bertz CT molecular complexity index is 106. The van der Waals surface area contributed by atoms with Crippen molar-refractivity contribution in [2.24, 2.45) is 5.92 Å². The summed E-state index contributed by atoms with van der Waals surface area (Å²) in [5, 5.41) is 17.5. The summed E-state index contributed by atoms with van der Waals surface area (Å²) in [5.41, 5.74) is 0. The Labute approximate surface area is 79.5 Å². The van der Waals surface area contributed by atoms with E-state index in [1.807, 2.05) is 6.92 Å². The van der Waals surface area contributed by atoms with Crippen LogP contribution in [-0.2, 0) is 9.47 Å². The quantitative estimate of drug-likeness (QED) is 0.533. The largest absolute Gasteiger partial charge is 0.396 e. The highest BCUT2D eigenvalue weighted by Gasteiger charge is 1.99. The Morgan fingerprint density at radius 3 is 2.08 bits per heavy atom. The van der Waals surface area contributed by atoms with Crippen LogP contribution < -0.4 is 0 Å². The molecule has 0 amide bonds. The van der Waals surface area contributed by atoms with Gasteiger partial charge >= 0.3 is 0 Å². The van der Waals surface area contributed by atoms with Gasteiger partial charge in [-0.05, 0) is 6.92 Å². The minimum absolute atomic E-state index is 0.147. The van der Waals surface area contributed by atoms with Crippen molar-refractivity contribution in [1.82, 2.24) is 0 Å². The summed E-state index contributed by atoms with van der Waals surface area (Å²) in [6.45, 7) is 5.63. The van der Waals surface area contributed by atoms with Gasteiger partial charge in [0.15, 0.2) is 0 Å². The van der Waals surface area contributed by atoms with Gasteiger partial charge in [0, 0.05) is 12.5 Å². The van der Waals surface area contributed by atoms with Crippen molar-refractivity contribution in [3.63, 3.8) is 0 Å². The number of ether oxygens (including phenoxy) is 2. The lowest BCUT2D eigenvalue weighted by molar-refractivity contribution is -0.000415. The minimum Gasteiger partial charge on any atom is -0.396 e. The van der Waals surface area contributed by atoms with Gasteiger partial charge in [-0.15, -0.1) is 0 Å². The van der Waals surface area contributed by atoms with Gasteiger partial charge in [0.2, 0.25) is 0 Å². The van der Waals surface area contributed by atoms with Crippen LogP contribution in [0.1, 0.15) is 13.8 Å². The molecule has 0 spiro atoms. The molecule has 0 aliphatic heterocycles. The summed E-state index contributed by atoms with van der Waals surface area (Å²) in [5.74, 6) is 0.178. The fourth-order valence-corrected chi connectivity index (χ4v) is 0.709. The normalized spacial score (nSPS) is 15.7. The fourth-order valence-electron chi connectivity index (χ4n) is 0.709. The van der Waals surface area contributed by atoms with Gasteiger partial charge in [0.25, 0.3) is 0 Å². The fraction of sp³-hybridized carbons (Fsp3) is 1.00. The second-order valence-corrected chi connectivity index (χ2v) is 3.29. The Kier molecular flexibility index (Phi) is 8.33. The second-order valence-electron chi connectivity index (χ2n) is 3.29. The maximum atomic E-state index is 8.84. The molecule has 0 heterocycles. The maximum absolute atomic E-state index is 8.84.